The molecule has 0 bridgehead atoms. The summed E-state index contributed by atoms with van der Waals surface area (Å²) in [6.45, 7) is 11.5. The van der Waals surface area contributed by atoms with Crippen LogP contribution in [-0.4, -0.2) is 18.3 Å². The fourth-order valence-corrected chi connectivity index (χ4v) is 1.01. The number of rotatable bonds is 2. The van der Waals surface area contributed by atoms with E-state index >= 15 is 0 Å². The summed E-state index contributed by atoms with van der Waals surface area (Å²) < 4.78 is 1.83. The van der Waals surface area contributed by atoms with Crippen molar-refractivity contribution in [3.05, 3.63) is 36.4 Å². The third-order valence-electron chi connectivity index (χ3n) is 1.57. The molecule has 1 aromatic carbocycles. The molecule has 0 saturated heterocycles. The van der Waals surface area contributed by atoms with Gasteiger partial charge in [-0.1, -0.05) is 38.6 Å². The van der Waals surface area contributed by atoms with Crippen LogP contribution in [0, 0.1) is 0 Å². The van der Waals surface area contributed by atoms with Crippen LogP contribution in [0.4, 0.5) is 5.69 Å². The molecule has 0 heterocycles. The molecule has 0 amide bonds. The molecule has 0 radical (unpaired) electrons. The zero-order valence-corrected chi connectivity index (χ0v) is 8.75. The van der Waals surface area contributed by atoms with Gasteiger partial charge in [-0.15, -0.1) is 0 Å². The van der Waals surface area contributed by atoms with Crippen molar-refractivity contribution >= 4 is 18.5 Å². The fourth-order valence-electron chi connectivity index (χ4n) is 1.01. The molecule has 1 heteroatoms. The lowest BCUT2D eigenvalue weighted by molar-refractivity contribution is -0.394. The first-order chi connectivity index (χ1) is 6.25. The summed E-state index contributed by atoms with van der Waals surface area (Å²) in [5.74, 6) is 0. The molecule has 1 nitrogen and oxygen atoms in total. The Morgan fingerprint density at radius 1 is 1.23 bits per heavy atom. The minimum atomic E-state index is 1.10. The van der Waals surface area contributed by atoms with E-state index in [0.717, 1.165) is 11.3 Å². The second kappa shape index (κ2) is 6.18. The lowest BCUT2D eigenvalue weighted by atomic mass is 10.2. The first-order valence-electron chi connectivity index (χ1n) is 4.51. The van der Waals surface area contributed by atoms with Gasteiger partial charge in [0.15, 0.2) is 0 Å². The highest BCUT2D eigenvalue weighted by molar-refractivity contribution is 5.59. The molecular weight excluding hydrogens is 158 g/mol. The molecule has 0 atom stereocenters. The molecule has 0 aliphatic carbocycles. The van der Waals surface area contributed by atoms with Crippen LogP contribution in [0.15, 0.2) is 30.8 Å². The first-order valence-corrected chi connectivity index (χ1v) is 4.51. The van der Waals surface area contributed by atoms with Gasteiger partial charge in [0.2, 0.25) is 5.69 Å². The summed E-state index contributed by atoms with van der Waals surface area (Å²) in [5.41, 5.74) is 2.22. The van der Waals surface area contributed by atoms with Gasteiger partial charge in [0, 0.05) is 11.6 Å². The number of nitrogens with zero attached hydrogens (tertiary/aromatic N) is 1. The van der Waals surface area contributed by atoms with Crippen molar-refractivity contribution in [2.24, 2.45) is 0 Å². The predicted molar refractivity (Wildman–Crippen MR) is 60.8 cm³/mol. The summed E-state index contributed by atoms with van der Waals surface area (Å²) in [6.07, 6.45) is 1.83. The molecule has 13 heavy (non-hydrogen) atoms. The molecule has 0 N–H and O–H groups in total. The Labute approximate surface area is 81.0 Å². The van der Waals surface area contributed by atoms with E-state index in [4.69, 9.17) is 0 Å². The Kier molecular flexibility index (Phi) is 5.53. The van der Waals surface area contributed by atoms with E-state index in [-0.39, 0.29) is 0 Å². The maximum Gasteiger partial charge on any atom is 0.211 e. The van der Waals surface area contributed by atoms with Crippen LogP contribution < -0.4 is 0 Å². The summed E-state index contributed by atoms with van der Waals surface area (Å²) in [6, 6.07) is 8.02. The summed E-state index contributed by atoms with van der Waals surface area (Å²) >= 11 is 0. The van der Waals surface area contributed by atoms with Crippen LogP contribution in [-0.2, 0) is 0 Å². The Morgan fingerprint density at radius 3 is 2.15 bits per heavy atom. The average Bonchev–Trinajstić information content (AvgIpc) is 2.20. The third-order valence-corrected chi connectivity index (χ3v) is 1.57. The van der Waals surface area contributed by atoms with E-state index in [1.807, 2.05) is 55.8 Å². The number of benzene rings is 1. The number of para-hydroxylation sites is 1. The zero-order valence-electron chi connectivity index (χ0n) is 8.75. The van der Waals surface area contributed by atoms with E-state index in [2.05, 4.69) is 13.3 Å². The van der Waals surface area contributed by atoms with Gasteiger partial charge in [-0.2, -0.15) is 0 Å². The molecule has 0 aliphatic rings. The SMILES string of the molecule is C=Cc1ccccc1[N+](=C)C.CC. The van der Waals surface area contributed by atoms with Gasteiger partial charge in [0.1, 0.15) is 13.8 Å². The topological polar surface area (TPSA) is 3.01 Å². The molecule has 0 spiro atoms. The molecule has 0 unspecified atom stereocenters. The highest BCUT2D eigenvalue weighted by Crippen LogP contribution is 2.16. The van der Waals surface area contributed by atoms with Gasteiger partial charge in [0.25, 0.3) is 0 Å². The quantitative estimate of drug-likeness (QED) is 0.480. The van der Waals surface area contributed by atoms with Crippen LogP contribution in [0.2, 0.25) is 0 Å². The van der Waals surface area contributed by atoms with Crippen molar-refractivity contribution in [1.29, 1.82) is 0 Å². The normalized spacial score (nSPS) is 8.23. The van der Waals surface area contributed by atoms with Gasteiger partial charge in [-0.05, 0) is 6.07 Å². The Balaban J connectivity index is 0.000000671. The third kappa shape index (κ3) is 3.24. The minimum absolute atomic E-state index is 1.10. The Morgan fingerprint density at radius 2 is 1.77 bits per heavy atom. The molecule has 0 saturated carbocycles. The highest BCUT2D eigenvalue weighted by Gasteiger charge is 2.03. The number of hydrogen-bond donors (Lipinski definition) is 0. The van der Waals surface area contributed by atoms with Crippen molar-refractivity contribution in [3.63, 3.8) is 0 Å². The zero-order chi connectivity index (χ0) is 10.3. The molecule has 1 aromatic rings. The predicted octanol–water partition coefficient (Wildman–Crippen LogP) is 3.33. The van der Waals surface area contributed by atoms with Crippen molar-refractivity contribution < 1.29 is 4.58 Å². The summed E-state index contributed by atoms with van der Waals surface area (Å²) in [7, 11) is 1.92. The van der Waals surface area contributed by atoms with Crippen LogP contribution >= 0.6 is 0 Å². The van der Waals surface area contributed by atoms with E-state index in [9.17, 15) is 0 Å². The van der Waals surface area contributed by atoms with E-state index < -0.39 is 0 Å². The van der Waals surface area contributed by atoms with Crippen LogP contribution in [0.5, 0.6) is 0 Å². The fraction of sp³-hybridized carbons (Fsp3) is 0.250. The van der Waals surface area contributed by atoms with E-state index in [1.165, 1.54) is 0 Å². The maximum atomic E-state index is 3.80. The van der Waals surface area contributed by atoms with Crippen molar-refractivity contribution in [1.82, 2.24) is 0 Å². The van der Waals surface area contributed by atoms with Gasteiger partial charge < -0.3 is 0 Å². The molecule has 70 valence electrons. The van der Waals surface area contributed by atoms with Crippen molar-refractivity contribution in [2.45, 2.75) is 13.8 Å². The van der Waals surface area contributed by atoms with Crippen LogP contribution in [0.3, 0.4) is 0 Å². The Hall–Kier alpha value is -1.37. The van der Waals surface area contributed by atoms with Gasteiger partial charge in [-0.3, -0.25) is 0 Å². The van der Waals surface area contributed by atoms with Crippen LogP contribution in [0.25, 0.3) is 6.08 Å². The van der Waals surface area contributed by atoms with Gasteiger partial charge in [0.05, 0.1) is 0 Å². The van der Waals surface area contributed by atoms with Gasteiger partial charge >= 0.3 is 0 Å². The van der Waals surface area contributed by atoms with Crippen molar-refractivity contribution in [3.8, 4) is 0 Å². The second-order valence-corrected chi connectivity index (χ2v) is 2.46. The Bertz CT molecular complexity index is 287. The van der Waals surface area contributed by atoms with E-state index in [0.29, 0.717) is 0 Å². The highest BCUT2D eigenvalue weighted by atomic mass is 14.9. The smallest absolute Gasteiger partial charge is 0.208 e. The van der Waals surface area contributed by atoms with Gasteiger partial charge in [-0.25, -0.2) is 4.58 Å². The number of hydrogen-bond acceptors (Lipinski definition) is 0. The molecule has 0 aliphatic heterocycles. The lowest BCUT2D eigenvalue weighted by Gasteiger charge is -1.97. The monoisotopic (exact) mass is 176 g/mol. The van der Waals surface area contributed by atoms with Crippen molar-refractivity contribution in [2.75, 3.05) is 7.05 Å². The molecule has 0 fully saturated rings. The second-order valence-electron chi connectivity index (χ2n) is 2.46. The minimum Gasteiger partial charge on any atom is -0.208 e. The molecular formula is C12H18N+. The van der Waals surface area contributed by atoms with Crippen LogP contribution in [0.1, 0.15) is 19.4 Å². The first kappa shape index (κ1) is 11.6. The standard InChI is InChI=1S/C10H12N.C2H6/c1-4-9-7-5-6-8-10(9)11(2)3;1-2/h4-8H,1-2H2,3H3;1-2H3/q+1;. The summed E-state index contributed by atoms with van der Waals surface area (Å²) in [5, 5.41) is 0. The maximum absolute atomic E-state index is 3.80. The molecule has 1 rings (SSSR count). The average molecular weight is 176 g/mol. The van der Waals surface area contributed by atoms with E-state index in [1.54, 1.807) is 0 Å². The summed E-state index contributed by atoms with van der Waals surface area (Å²) in [4.78, 5) is 0. The largest absolute Gasteiger partial charge is 0.211 e. The molecule has 0 aromatic heterocycles. The lowest BCUT2D eigenvalue weighted by Crippen LogP contribution is -1.94.